The van der Waals surface area contributed by atoms with Gasteiger partial charge in [0.2, 0.25) is 5.75 Å². The van der Waals surface area contributed by atoms with Gasteiger partial charge in [-0.2, -0.15) is 0 Å². The van der Waals surface area contributed by atoms with Gasteiger partial charge in [-0.1, -0.05) is 12.1 Å². The van der Waals surface area contributed by atoms with Crippen LogP contribution in [0.4, 0.5) is 0 Å². The van der Waals surface area contributed by atoms with Gasteiger partial charge >= 0.3 is 0 Å². The lowest BCUT2D eigenvalue weighted by molar-refractivity contribution is -0.293. The highest BCUT2D eigenvalue weighted by Gasteiger charge is 2.42. The van der Waals surface area contributed by atoms with E-state index in [-0.39, 0.29) is 23.9 Å². The maximum atomic E-state index is 10.8. The van der Waals surface area contributed by atoms with Crippen molar-refractivity contribution in [3.63, 3.8) is 0 Å². The second-order valence-electron chi connectivity index (χ2n) is 8.86. The number of ether oxygens (including phenoxy) is 5. The first-order valence-electron chi connectivity index (χ1n) is 12.0. The molecule has 2 unspecified atom stereocenters. The number of rotatable bonds is 12. The Balaban J connectivity index is 1.52. The highest BCUT2D eigenvalue weighted by Crippen LogP contribution is 2.39. The van der Waals surface area contributed by atoms with Crippen molar-refractivity contribution in [2.24, 2.45) is 0 Å². The van der Waals surface area contributed by atoms with E-state index in [4.69, 9.17) is 23.7 Å². The lowest BCUT2D eigenvalue weighted by Crippen LogP contribution is -2.57. The Bertz CT molecular complexity index is 958. The van der Waals surface area contributed by atoms with Crippen molar-refractivity contribution >= 4 is 0 Å². The molecule has 0 aliphatic carbocycles. The molecule has 2 aromatic rings. The average molecular weight is 525 g/mol. The number of aryl methyl sites for hydroxylation is 1. The molecule has 1 aliphatic heterocycles. The van der Waals surface area contributed by atoms with Gasteiger partial charge in [0, 0.05) is 0 Å². The molecule has 11 heteroatoms. The molecule has 0 radical (unpaired) electrons. The minimum Gasteiger partial charge on any atom is -0.502 e. The third-order valence-electron chi connectivity index (χ3n) is 6.29. The average Bonchev–Trinajstić information content (AvgIpc) is 2.91. The number of phenolic OH excluding ortho intramolecular Hbond substituents is 1. The zero-order valence-corrected chi connectivity index (χ0v) is 21.1. The minimum atomic E-state index is -1.33. The van der Waals surface area contributed by atoms with Crippen molar-refractivity contribution < 1.29 is 54.3 Å². The van der Waals surface area contributed by atoms with E-state index in [1.165, 1.54) is 26.4 Å². The largest absolute Gasteiger partial charge is 0.502 e. The summed E-state index contributed by atoms with van der Waals surface area (Å²) in [5.74, 6) is 0.477. The van der Waals surface area contributed by atoms with Crippen molar-refractivity contribution in [1.29, 1.82) is 0 Å². The molecule has 1 aliphatic rings. The number of benzene rings is 2. The molecule has 1 heterocycles. The van der Waals surface area contributed by atoms with Gasteiger partial charge in [-0.15, -0.1) is 0 Å². The standard InChI is InChI=1S/C26H36O11/c1-14-21(28)24(31)25(32)26(36-14)35-10-4-5-15-6-8-17(9-7-15)37-20(13-27)22(29)16-11-18(33-2)23(30)19(12-16)34-3/h6-9,11-12,14,20-22,24-32H,4-5,10,13H2,1-3H3/t14-,20?,21+,22?,24+,25+,26+/m0/s1. The van der Waals surface area contributed by atoms with Crippen LogP contribution in [0.5, 0.6) is 23.0 Å². The lowest BCUT2D eigenvalue weighted by Gasteiger charge is -2.38. The zero-order chi connectivity index (χ0) is 27.1. The fraction of sp³-hybridized carbons (Fsp3) is 0.538. The molecular weight excluding hydrogens is 488 g/mol. The molecule has 0 bridgehead atoms. The number of aliphatic hydroxyl groups excluding tert-OH is 5. The van der Waals surface area contributed by atoms with E-state index in [1.54, 1.807) is 19.1 Å². The van der Waals surface area contributed by atoms with E-state index in [0.29, 0.717) is 24.2 Å². The fourth-order valence-corrected chi connectivity index (χ4v) is 4.04. The predicted octanol–water partition coefficient (Wildman–Crippen LogP) is 0.659. The SMILES string of the molecule is COc1cc(C(O)C(CO)Oc2ccc(CCCO[C@@H]3O[C@@H](C)[C@@H](O)[C@@H](O)[C@H]3O)cc2)cc(OC)c1O. The first-order valence-corrected chi connectivity index (χ1v) is 12.0. The van der Waals surface area contributed by atoms with E-state index in [9.17, 15) is 30.6 Å². The Morgan fingerprint density at radius 2 is 1.57 bits per heavy atom. The second kappa shape index (κ2) is 13.2. The summed E-state index contributed by atoms with van der Waals surface area (Å²) in [5.41, 5.74) is 1.32. The van der Waals surface area contributed by atoms with E-state index in [2.05, 4.69) is 0 Å². The van der Waals surface area contributed by atoms with Crippen molar-refractivity contribution in [2.75, 3.05) is 27.4 Å². The van der Waals surface area contributed by atoms with Gasteiger partial charge in [-0.25, -0.2) is 0 Å². The Kier molecular flexibility index (Phi) is 10.4. The van der Waals surface area contributed by atoms with Crippen LogP contribution in [0.15, 0.2) is 36.4 Å². The van der Waals surface area contributed by atoms with Crippen LogP contribution < -0.4 is 14.2 Å². The third kappa shape index (κ3) is 7.02. The number of phenols is 1. The first kappa shape index (κ1) is 28.9. The smallest absolute Gasteiger partial charge is 0.200 e. The number of aliphatic hydroxyl groups is 5. The molecule has 0 spiro atoms. The van der Waals surface area contributed by atoms with Gasteiger partial charge in [-0.05, 0) is 55.2 Å². The fourth-order valence-electron chi connectivity index (χ4n) is 4.04. The minimum absolute atomic E-state index is 0.117. The van der Waals surface area contributed by atoms with Gasteiger partial charge < -0.3 is 54.3 Å². The van der Waals surface area contributed by atoms with Crippen molar-refractivity contribution in [3.05, 3.63) is 47.5 Å². The van der Waals surface area contributed by atoms with Crippen molar-refractivity contribution in [1.82, 2.24) is 0 Å². The summed E-state index contributed by atoms with van der Waals surface area (Å²) in [6.45, 7) is 1.40. The highest BCUT2D eigenvalue weighted by atomic mass is 16.7. The van der Waals surface area contributed by atoms with Gasteiger partial charge in [0.15, 0.2) is 23.9 Å². The quantitative estimate of drug-likeness (QED) is 0.216. The summed E-state index contributed by atoms with van der Waals surface area (Å²) in [4.78, 5) is 0. The molecule has 206 valence electrons. The van der Waals surface area contributed by atoms with Crippen LogP contribution in [0.25, 0.3) is 0 Å². The first-order chi connectivity index (χ1) is 17.7. The van der Waals surface area contributed by atoms with Gasteiger partial charge in [0.1, 0.15) is 30.2 Å². The maximum absolute atomic E-state index is 10.8. The molecule has 1 fully saturated rings. The molecular formula is C26H36O11. The van der Waals surface area contributed by atoms with Crippen molar-refractivity contribution in [3.8, 4) is 23.0 Å². The summed E-state index contributed by atoms with van der Waals surface area (Å²) >= 11 is 0. The predicted molar refractivity (Wildman–Crippen MR) is 131 cm³/mol. The molecule has 3 rings (SSSR count). The number of methoxy groups -OCH3 is 2. The maximum Gasteiger partial charge on any atom is 0.200 e. The Labute approximate surface area is 215 Å². The van der Waals surface area contributed by atoms with Crippen LogP contribution in [-0.2, 0) is 15.9 Å². The third-order valence-corrected chi connectivity index (χ3v) is 6.29. The summed E-state index contributed by atoms with van der Waals surface area (Å²) in [6.07, 6.45) is -6.46. The molecule has 0 saturated carbocycles. The summed E-state index contributed by atoms with van der Waals surface area (Å²) in [6, 6.07) is 10.0. The molecule has 0 aromatic heterocycles. The highest BCUT2D eigenvalue weighted by molar-refractivity contribution is 5.53. The summed E-state index contributed by atoms with van der Waals surface area (Å²) < 4.78 is 27.0. The van der Waals surface area contributed by atoms with E-state index < -0.39 is 49.5 Å². The van der Waals surface area contributed by atoms with Crippen LogP contribution in [0, 0.1) is 0 Å². The lowest BCUT2D eigenvalue weighted by atomic mass is 10.00. The second-order valence-corrected chi connectivity index (χ2v) is 8.86. The van der Waals surface area contributed by atoms with E-state index >= 15 is 0 Å². The Morgan fingerprint density at radius 1 is 0.946 bits per heavy atom. The van der Waals surface area contributed by atoms with Gasteiger partial charge in [-0.3, -0.25) is 0 Å². The molecule has 6 N–H and O–H groups in total. The molecule has 7 atom stereocenters. The monoisotopic (exact) mass is 524 g/mol. The molecule has 2 aromatic carbocycles. The van der Waals surface area contributed by atoms with Crippen LogP contribution in [0.1, 0.15) is 30.6 Å². The van der Waals surface area contributed by atoms with Crippen LogP contribution in [0.2, 0.25) is 0 Å². The zero-order valence-electron chi connectivity index (χ0n) is 21.1. The van der Waals surface area contributed by atoms with E-state index in [1.807, 2.05) is 12.1 Å². The van der Waals surface area contributed by atoms with Crippen LogP contribution >= 0.6 is 0 Å². The number of aromatic hydroxyl groups is 1. The van der Waals surface area contributed by atoms with E-state index in [0.717, 1.165) is 5.56 Å². The number of hydrogen-bond donors (Lipinski definition) is 6. The molecule has 11 nitrogen and oxygen atoms in total. The van der Waals surface area contributed by atoms with Crippen molar-refractivity contribution in [2.45, 2.75) is 62.7 Å². The Hall–Kier alpha value is -2.64. The number of hydrogen-bond acceptors (Lipinski definition) is 11. The molecule has 1 saturated heterocycles. The molecule has 37 heavy (non-hydrogen) atoms. The van der Waals surface area contributed by atoms with Crippen LogP contribution in [-0.4, -0.2) is 94.9 Å². The summed E-state index contributed by atoms with van der Waals surface area (Å²) in [7, 11) is 2.75. The molecule has 0 amide bonds. The van der Waals surface area contributed by atoms with Gasteiger partial charge in [0.05, 0.1) is 33.5 Å². The Morgan fingerprint density at radius 3 is 2.14 bits per heavy atom. The topological polar surface area (TPSA) is 168 Å². The van der Waals surface area contributed by atoms with Gasteiger partial charge in [0.25, 0.3) is 0 Å². The summed E-state index contributed by atoms with van der Waals surface area (Å²) in [5, 5.41) is 60.3. The van der Waals surface area contributed by atoms with Crippen LogP contribution in [0.3, 0.4) is 0 Å². The normalized spacial score (nSPS) is 25.4.